The maximum Gasteiger partial charge on any atom is 0.234 e. The summed E-state index contributed by atoms with van der Waals surface area (Å²) in [5.41, 5.74) is 9.64. The number of fused-ring (bicyclic) bond motifs is 1. The first-order valence-corrected chi connectivity index (χ1v) is 14.3. The van der Waals surface area contributed by atoms with Gasteiger partial charge in [0.05, 0.1) is 5.92 Å². The molecule has 2 aliphatic rings. The van der Waals surface area contributed by atoms with Crippen LogP contribution in [0.2, 0.25) is 0 Å². The molecule has 0 bridgehead atoms. The average molecular weight is 493 g/mol. The van der Waals surface area contributed by atoms with Crippen molar-refractivity contribution in [1.29, 1.82) is 5.41 Å². The van der Waals surface area contributed by atoms with Crippen LogP contribution in [0.4, 0.5) is 5.69 Å². The monoisotopic (exact) mass is 492 g/mol. The Labute approximate surface area is 215 Å². The third kappa shape index (κ3) is 5.92. The van der Waals surface area contributed by atoms with Crippen LogP contribution in [0.15, 0.2) is 47.4 Å². The van der Waals surface area contributed by atoms with E-state index in [1.807, 2.05) is 29.2 Å². The van der Waals surface area contributed by atoms with E-state index in [1.54, 1.807) is 11.8 Å². The maximum absolute atomic E-state index is 13.8. The third-order valence-electron chi connectivity index (χ3n) is 7.85. The lowest BCUT2D eigenvalue weighted by molar-refractivity contribution is -0.120. The zero-order valence-corrected chi connectivity index (χ0v) is 22.2. The Hall–Kier alpha value is -2.31. The maximum atomic E-state index is 13.8. The molecule has 35 heavy (non-hydrogen) atoms. The van der Waals surface area contributed by atoms with Crippen molar-refractivity contribution in [3.63, 3.8) is 0 Å². The Morgan fingerprint density at radius 1 is 1.06 bits per heavy atom. The second-order valence-electron chi connectivity index (χ2n) is 10.2. The first-order valence-electron chi connectivity index (χ1n) is 13.1. The summed E-state index contributed by atoms with van der Waals surface area (Å²) in [5.74, 6) is -0.0407. The number of benzene rings is 2. The van der Waals surface area contributed by atoms with Crippen LogP contribution < -0.4 is 10.6 Å². The second-order valence-corrected chi connectivity index (χ2v) is 11.1. The number of amidine groups is 1. The predicted octanol–water partition coefficient (Wildman–Crippen LogP) is 5.80. The summed E-state index contributed by atoms with van der Waals surface area (Å²) in [6.45, 7) is 6.63. The lowest BCUT2D eigenvalue weighted by Gasteiger charge is -2.39. The van der Waals surface area contributed by atoms with Crippen molar-refractivity contribution >= 4 is 29.2 Å². The highest BCUT2D eigenvalue weighted by Gasteiger charge is 2.34. The van der Waals surface area contributed by atoms with E-state index in [0.717, 1.165) is 37.2 Å². The van der Waals surface area contributed by atoms with Gasteiger partial charge in [-0.1, -0.05) is 37.1 Å². The van der Waals surface area contributed by atoms with Crippen molar-refractivity contribution in [3.8, 4) is 0 Å². The van der Waals surface area contributed by atoms with Crippen LogP contribution in [0.3, 0.4) is 0 Å². The fraction of sp³-hybridized carbons (Fsp3) is 0.517. The summed E-state index contributed by atoms with van der Waals surface area (Å²) in [5, 5.41) is 7.80. The molecule has 2 aromatic carbocycles. The number of carbonyl (C=O) groups excluding carboxylic acids is 1. The molecule has 0 aromatic heterocycles. The quantitative estimate of drug-likeness (QED) is 0.201. The van der Waals surface area contributed by atoms with Crippen LogP contribution in [0.25, 0.3) is 0 Å². The van der Waals surface area contributed by atoms with Gasteiger partial charge in [-0.3, -0.25) is 15.1 Å². The Balaban J connectivity index is 1.47. The van der Waals surface area contributed by atoms with E-state index in [2.05, 4.69) is 43.2 Å². The number of thioether (sulfide) groups is 1. The number of hydrogen-bond donors (Lipinski definition) is 2. The molecular formula is C29H40N4OS. The molecule has 5 nitrogen and oxygen atoms in total. The lowest BCUT2D eigenvalue weighted by atomic mass is 9.85. The van der Waals surface area contributed by atoms with E-state index >= 15 is 0 Å². The van der Waals surface area contributed by atoms with Gasteiger partial charge in [0.2, 0.25) is 5.91 Å². The molecule has 0 saturated carbocycles. The van der Waals surface area contributed by atoms with E-state index in [4.69, 9.17) is 11.1 Å². The molecule has 4 rings (SSSR count). The first-order chi connectivity index (χ1) is 16.9. The summed E-state index contributed by atoms with van der Waals surface area (Å²) < 4.78 is 0. The number of piperidine rings is 1. The minimum absolute atomic E-state index is 0.0364. The number of hydrogen-bond acceptors (Lipinski definition) is 4. The van der Waals surface area contributed by atoms with Crippen LogP contribution in [-0.2, 0) is 11.2 Å². The van der Waals surface area contributed by atoms with E-state index < -0.39 is 0 Å². The normalized spacial score (nSPS) is 22.8. The molecular weight excluding hydrogens is 452 g/mol. The fourth-order valence-electron chi connectivity index (χ4n) is 5.78. The van der Waals surface area contributed by atoms with Gasteiger partial charge in [0.15, 0.2) is 0 Å². The molecule has 1 amide bonds. The van der Waals surface area contributed by atoms with Gasteiger partial charge in [-0.25, -0.2) is 0 Å². The molecule has 2 aliphatic heterocycles. The van der Waals surface area contributed by atoms with E-state index in [1.165, 1.54) is 36.1 Å². The molecule has 3 N–H and O–H groups in total. The number of unbranched alkanes of at least 4 members (excludes halogenated alkanes) is 2. The Bertz CT molecular complexity index is 1040. The number of amides is 1. The van der Waals surface area contributed by atoms with Crippen LogP contribution in [-0.4, -0.2) is 48.1 Å². The van der Waals surface area contributed by atoms with E-state index in [-0.39, 0.29) is 17.7 Å². The molecule has 2 heterocycles. The predicted molar refractivity (Wildman–Crippen MR) is 148 cm³/mol. The number of nitrogen functional groups attached to an aromatic ring is 1. The minimum atomic E-state index is -0.239. The van der Waals surface area contributed by atoms with Gasteiger partial charge in [0.25, 0.3) is 0 Å². The highest BCUT2D eigenvalue weighted by atomic mass is 32.2. The fourth-order valence-corrected chi connectivity index (χ4v) is 6.21. The van der Waals surface area contributed by atoms with Crippen molar-refractivity contribution in [3.05, 3.63) is 59.2 Å². The number of nitrogens with two attached hydrogens (primary N) is 1. The summed E-state index contributed by atoms with van der Waals surface area (Å²) >= 11 is 1.71. The zero-order chi connectivity index (χ0) is 24.9. The number of rotatable bonds is 9. The number of anilines is 1. The van der Waals surface area contributed by atoms with Crippen LogP contribution >= 0.6 is 11.8 Å². The molecule has 1 unspecified atom stereocenters. The smallest absolute Gasteiger partial charge is 0.234 e. The topological polar surface area (TPSA) is 73.4 Å². The molecule has 2 aromatic rings. The zero-order valence-electron chi connectivity index (χ0n) is 21.4. The van der Waals surface area contributed by atoms with E-state index in [9.17, 15) is 4.79 Å². The molecule has 1 saturated heterocycles. The van der Waals surface area contributed by atoms with Gasteiger partial charge < -0.3 is 10.6 Å². The van der Waals surface area contributed by atoms with E-state index in [0.29, 0.717) is 24.1 Å². The third-order valence-corrected chi connectivity index (χ3v) is 8.57. The lowest BCUT2D eigenvalue weighted by Crippen LogP contribution is -2.44. The van der Waals surface area contributed by atoms with Gasteiger partial charge in [-0.05, 0) is 88.1 Å². The second kappa shape index (κ2) is 11.6. The minimum Gasteiger partial charge on any atom is -0.384 e. The van der Waals surface area contributed by atoms with Gasteiger partial charge in [-0.15, -0.1) is 11.8 Å². The summed E-state index contributed by atoms with van der Waals surface area (Å²) in [6, 6.07) is 15.5. The van der Waals surface area contributed by atoms with Crippen LogP contribution in [0.1, 0.15) is 75.0 Å². The van der Waals surface area contributed by atoms with Crippen molar-refractivity contribution in [1.82, 2.24) is 4.90 Å². The highest BCUT2D eigenvalue weighted by molar-refractivity contribution is 7.98. The molecule has 0 radical (unpaired) electrons. The molecule has 3 atom stereocenters. The Morgan fingerprint density at radius 3 is 2.51 bits per heavy atom. The number of nitrogens with one attached hydrogen (secondary N) is 1. The first kappa shape index (κ1) is 25.8. The molecule has 0 aliphatic carbocycles. The van der Waals surface area contributed by atoms with Crippen molar-refractivity contribution < 1.29 is 4.79 Å². The number of likely N-dealkylation sites (tertiary alicyclic amines) is 1. The average Bonchev–Trinajstić information content (AvgIpc) is 2.86. The van der Waals surface area contributed by atoms with Crippen molar-refractivity contribution in [2.75, 3.05) is 24.2 Å². The van der Waals surface area contributed by atoms with Gasteiger partial charge in [-0.2, -0.15) is 0 Å². The Kier molecular flexibility index (Phi) is 8.55. The molecule has 188 valence electrons. The van der Waals surface area contributed by atoms with Crippen molar-refractivity contribution in [2.24, 2.45) is 5.73 Å². The summed E-state index contributed by atoms with van der Waals surface area (Å²) in [6.07, 6.45) is 10.1. The van der Waals surface area contributed by atoms with Crippen molar-refractivity contribution in [2.45, 2.75) is 81.7 Å². The SMILES string of the molecule is CSc1ccc2c(c1)N(CCCCCN1[C@H](C)CCC[C@@H]1C)C(=O)C(c1cccc(C(=N)N)c1)C2. The highest BCUT2D eigenvalue weighted by Crippen LogP contribution is 2.38. The summed E-state index contributed by atoms with van der Waals surface area (Å²) in [4.78, 5) is 19.7. The van der Waals surface area contributed by atoms with Gasteiger partial charge in [0.1, 0.15) is 5.84 Å². The largest absolute Gasteiger partial charge is 0.384 e. The number of nitrogens with zero attached hydrogens (tertiary/aromatic N) is 2. The molecule has 1 fully saturated rings. The van der Waals surface area contributed by atoms with Gasteiger partial charge >= 0.3 is 0 Å². The van der Waals surface area contributed by atoms with Gasteiger partial charge in [0, 0.05) is 34.8 Å². The molecule has 0 spiro atoms. The number of carbonyl (C=O) groups is 1. The standard InChI is InChI=1S/C29H40N4OS/c1-20-9-7-10-21(2)32(20)15-5-4-6-16-33-27-19-25(35-3)14-13-23(27)18-26(29(33)34)22-11-8-12-24(17-22)28(30)31/h8,11-14,17,19-21,26H,4-7,9-10,15-16,18H2,1-3H3,(H3,30,31)/t20-,21+,26?. The summed E-state index contributed by atoms with van der Waals surface area (Å²) in [7, 11) is 0. The van der Waals surface area contributed by atoms with Crippen LogP contribution in [0, 0.1) is 5.41 Å². The molecule has 6 heteroatoms. The van der Waals surface area contributed by atoms with Crippen LogP contribution in [0.5, 0.6) is 0 Å². The Morgan fingerprint density at radius 2 is 1.80 bits per heavy atom.